The van der Waals surface area contributed by atoms with Gasteiger partial charge in [-0.2, -0.15) is 0 Å². The molecule has 1 aromatic carbocycles. The molecule has 1 aliphatic carbocycles. The molecule has 4 rings (SSSR count). The van der Waals surface area contributed by atoms with Gasteiger partial charge in [0.15, 0.2) is 12.1 Å². The Morgan fingerprint density at radius 1 is 1.19 bits per heavy atom. The molecule has 5 nitrogen and oxygen atoms in total. The van der Waals surface area contributed by atoms with Gasteiger partial charge in [-0.1, -0.05) is 17.9 Å². The van der Waals surface area contributed by atoms with Crippen LogP contribution < -0.4 is 5.48 Å². The lowest BCUT2D eigenvalue weighted by Gasteiger charge is -2.26. The van der Waals surface area contributed by atoms with Crippen LogP contribution >= 0.6 is 0 Å². The summed E-state index contributed by atoms with van der Waals surface area (Å²) < 4.78 is 13.2. The van der Waals surface area contributed by atoms with Crippen molar-refractivity contribution in [3.8, 4) is 11.8 Å². The second-order valence-electron chi connectivity index (χ2n) is 6.74. The van der Waals surface area contributed by atoms with Gasteiger partial charge in [-0.25, -0.2) is 19.7 Å². The Morgan fingerprint density at radius 2 is 2.00 bits per heavy atom. The molecule has 0 saturated heterocycles. The maximum absolute atomic E-state index is 13.2. The van der Waals surface area contributed by atoms with E-state index in [0.717, 1.165) is 18.4 Å². The summed E-state index contributed by atoms with van der Waals surface area (Å²) in [7, 11) is 4.10. The number of nitrogens with one attached hydrogen (secondary N) is 1. The topological polar surface area (TPSA) is 49.8 Å². The number of hydroxylamine groups is 1. The summed E-state index contributed by atoms with van der Waals surface area (Å²) in [6.07, 6.45) is 3.61. The maximum atomic E-state index is 13.2. The average molecular weight is 350 g/mol. The van der Waals surface area contributed by atoms with E-state index in [2.05, 4.69) is 32.2 Å². The van der Waals surface area contributed by atoms with Gasteiger partial charge in [-0.3, -0.25) is 9.88 Å². The number of amidine groups is 1. The summed E-state index contributed by atoms with van der Waals surface area (Å²) in [5.74, 6) is 6.26. The highest BCUT2D eigenvalue weighted by molar-refractivity contribution is 5.97. The fourth-order valence-electron chi connectivity index (χ4n) is 2.99. The van der Waals surface area contributed by atoms with Gasteiger partial charge in [0.1, 0.15) is 11.5 Å². The minimum atomic E-state index is -0.295. The Morgan fingerprint density at radius 3 is 2.65 bits per heavy atom. The van der Waals surface area contributed by atoms with E-state index in [1.54, 1.807) is 18.3 Å². The fourth-order valence-corrected chi connectivity index (χ4v) is 2.99. The standard InChI is InChI=1S/C20H19FN4O/c1-25(2)20(10-11-20)19-23-18(24-26-19)17-9-8-15(13-22-17)7-6-14-4-3-5-16(21)12-14/h3-5,8-9,12-13,19H,10-11H2,1-2H3,(H,23,24). The van der Waals surface area contributed by atoms with Gasteiger partial charge in [0.05, 0.1) is 5.54 Å². The first kappa shape index (κ1) is 16.7. The monoisotopic (exact) mass is 350 g/mol. The summed E-state index contributed by atoms with van der Waals surface area (Å²) >= 11 is 0. The number of hydrogen-bond acceptors (Lipinski definition) is 5. The molecule has 2 heterocycles. The van der Waals surface area contributed by atoms with Crippen LogP contribution in [0.1, 0.15) is 29.7 Å². The molecule has 2 aromatic rings. The van der Waals surface area contributed by atoms with E-state index in [0.29, 0.717) is 17.1 Å². The number of halogens is 1. The van der Waals surface area contributed by atoms with Crippen molar-refractivity contribution in [2.75, 3.05) is 14.1 Å². The maximum Gasteiger partial charge on any atom is 0.195 e. The molecule has 0 bridgehead atoms. The average Bonchev–Trinajstić information content (AvgIpc) is 3.31. The summed E-state index contributed by atoms with van der Waals surface area (Å²) in [6, 6.07) is 9.93. The number of pyridine rings is 1. The van der Waals surface area contributed by atoms with Crippen LogP contribution in [0.15, 0.2) is 47.6 Å². The molecule has 1 fully saturated rings. The number of likely N-dealkylation sites (N-methyl/N-ethyl adjacent to an activating group) is 1. The van der Waals surface area contributed by atoms with E-state index in [-0.39, 0.29) is 17.6 Å². The van der Waals surface area contributed by atoms with Crippen molar-refractivity contribution < 1.29 is 9.23 Å². The zero-order chi connectivity index (χ0) is 18.1. The lowest BCUT2D eigenvalue weighted by molar-refractivity contribution is -0.0211. The third-order valence-corrected chi connectivity index (χ3v) is 4.81. The normalized spacial score (nSPS) is 20.2. The minimum Gasteiger partial charge on any atom is -0.299 e. The van der Waals surface area contributed by atoms with E-state index in [4.69, 9.17) is 4.84 Å². The van der Waals surface area contributed by atoms with Crippen molar-refractivity contribution in [2.45, 2.75) is 24.6 Å². The largest absolute Gasteiger partial charge is 0.299 e. The van der Waals surface area contributed by atoms with Crippen LogP contribution in [0.5, 0.6) is 0 Å². The second kappa shape index (κ2) is 6.52. The van der Waals surface area contributed by atoms with Crippen molar-refractivity contribution >= 4 is 5.84 Å². The van der Waals surface area contributed by atoms with Gasteiger partial charge in [0.25, 0.3) is 0 Å². The number of hydrogen-bond donors (Lipinski definition) is 1. The van der Waals surface area contributed by atoms with Crippen molar-refractivity contribution in [3.05, 3.63) is 65.2 Å². The first-order valence-corrected chi connectivity index (χ1v) is 8.48. The Hall–Kier alpha value is -2.75. The quantitative estimate of drug-likeness (QED) is 0.863. The lowest BCUT2D eigenvalue weighted by Crippen LogP contribution is -2.41. The van der Waals surface area contributed by atoms with E-state index in [9.17, 15) is 4.39 Å². The zero-order valence-corrected chi connectivity index (χ0v) is 14.7. The first-order chi connectivity index (χ1) is 12.6. The number of aromatic nitrogens is 1. The number of benzene rings is 1. The zero-order valence-electron chi connectivity index (χ0n) is 14.7. The van der Waals surface area contributed by atoms with E-state index < -0.39 is 0 Å². The van der Waals surface area contributed by atoms with Crippen molar-refractivity contribution in [2.24, 2.45) is 4.99 Å². The van der Waals surface area contributed by atoms with Crippen LogP contribution in [-0.2, 0) is 4.84 Å². The fraction of sp³-hybridized carbons (Fsp3) is 0.300. The van der Waals surface area contributed by atoms with Gasteiger partial charge in [0.2, 0.25) is 0 Å². The van der Waals surface area contributed by atoms with Crippen LogP contribution in [0.3, 0.4) is 0 Å². The van der Waals surface area contributed by atoms with Crippen LogP contribution in [0.4, 0.5) is 4.39 Å². The molecule has 1 unspecified atom stereocenters. The molecule has 132 valence electrons. The summed E-state index contributed by atoms with van der Waals surface area (Å²) in [5, 5.41) is 0. The molecule has 2 aliphatic rings. The third-order valence-electron chi connectivity index (χ3n) is 4.81. The highest BCUT2D eigenvalue weighted by atomic mass is 19.1. The Labute approximate surface area is 151 Å². The molecule has 26 heavy (non-hydrogen) atoms. The second-order valence-corrected chi connectivity index (χ2v) is 6.74. The van der Waals surface area contributed by atoms with Gasteiger partial charge in [-0.05, 0) is 57.3 Å². The number of nitrogens with zero attached hydrogens (tertiary/aromatic N) is 3. The van der Waals surface area contributed by atoms with Gasteiger partial charge < -0.3 is 0 Å². The predicted molar refractivity (Wildman–Crippen MR) is 96.8 cm³/mol. The Bertz CT molecular complexity index is 907. The Balaban J connectivity index is 1.49. The highest BCUT2D eigenvalue weighted by Gasteiger charge is 2.54. The van der Waals surface area contributed by atoms with Crippen LogP contribution in [-0.4, -0.2) is 41.6 Å². The van der Waals surface area contributed by atoms with Gasteiger partial charge in [-0.15, -0.1) is 0 Å². The van der Waals surface area contributed by atoms with Crippen molar-refractivity contribution in [3.63, 3.8) is 0 Å². The molecular weight excluding hydrogens is 331 g/mol. The molecular formula is C20H19FN4O. The molecule has 0 amide bonds. The number of rotatable bonds is 3. The molecule has 1 aromatic heterocycles. The van der Waals surface area contributed by atoms with Crippen LogP contribution in [0, 0.1) is 17.7 Å². The SMILES string of the molecule is CN(C)C1(C2N=C(c3ccc(C#Cc4cccc(F)c4)cn3)NO2)CC1. The smallest absolute Gasteiger partial charge is 0.195 e. The van der Waals surface area contributed by atoms with E-state index in [1.165, 1.54) is 12.1 Å². The van der Waals surface area contributed by atoms with E-state index >= 15 is 0 Å². The molecule has 0 radical (unpaired) electrons. The molecule has 1 saturated carbocycles. The lowest BCUT2D eigenvalue weighted by atomic mass is 10.2. The van der Waals surface area contributed by atoms with Crippen LogP contribution in [0.2, 0.25) is 0 Å². The molecule has 0 spiro atoms. The van der Waals surface area contributed by atoms with Gasteiger partial charge >= 0.3 is 0 Å². The molecule has 1 aliphatic heterocycles. The summed E-state index contributed by atoms with van der Waals surface area (Å²) in [4.78, 5) is 16.9. The van der Waals surface area contributed by atoms with Crippen molar-refractivity contribution in [1.82, 2.24) is 15.4 Å². The molecule has 1 N–H and O–H groups in total. The number of aliphatic imine (C=N–C) groups is 1. The molecule has 1 atom stereocenters. The highest BCUT2D eigenvalue weighted by Crippen LogP contribution is 2.45. The molecule has 6 heteroatoms. The predicted octanol–water partition coefficient (Wildman–Crippen LogP) is 2.32. The first-order valence-electron chi connectivity index (χ1n) is 8.48. The summed E-state index contributed by atoms with van der Waals surface area (Å²) in [5.41, 5.74) is 4.97. The summed E-state index contributed by atoms with van der Waals surface area (Å²) in [6.45, 7) is 0. The van der Waals surface area contributed by atoms with Crippen LogP contribution in [0.25, 0.3) is 0 Å². The Kier molecular flexibility index (Phi) is 4.19. The minimum absolute atomic E-state index is 0.00881. The van der Waals surface area contributed by atoms with E-state index in [1.807, 2.05) is 26.2 Å². The third kappa shape index (κ3) is 3.19. The van der Waals surface area contributed by atoms with Gasteiger partial charge in [0, 0.05) is 17.3 Å². The van der Waals surface area contributed by atoms with Crippen molar-refractivity contribution in [1.29, 1.82) is 0 Å².